The molecule has 0 saturated carbocycles. The molecule has 9 heteroatoms. The summed E-state index contributed by atoms with van der Waals surface area (Å²) >= 11 is 0. The minimum absolute atomic E-state index is 0.0517. The van der Waals surface area contributed by atoms with Crippen molar-refractivity contribution in [3.05, 3.63) is 89.5 Å². The summed E-state index contributed by atoms with van der Waals surface area (Å²) in [5.74, 6) is -3.32. The standard InChI is InChI=1S/C26H25F2NO5S/c1-16(2)25(26(31)32)29-35(33,34)24-9-7-20(8-10-24)19-5-3-17(4-6-19)13-23(30)14-18-11-21(27)15-22(28)12-18/h3-12,15-16,25,29H,13-14H2,1-2H3,(H,31,32)/t25-/m0/s1. The fourth-order valence-electron chi connectivity index (χ4n) is 3.58. The van der Waals surface area contributed by atoms with E-state index in [0.717, 1.165) is 34.9 Å². The number of benzene rings is 3. The molecule has 0 aliphatic carbocycles. The number of Topliss-reactive ketones (excluding diaryl/α,β-unsaturated/α-hetero) is 1. The fraction of sp³-hybridized carbons (Fsp3) is 0.231. The molecule has 0 aliphatic rings. The zero-order chi connectivity index (χ0) is 25.8. The van der Waals surface area contributed by atoms with E-state index in [1.165, 1.54) is 12.1 Å². The normalized spacial score (nSPS) is 12.5. The maximum Gasteiger partial charge on any atom is 0.322 e. The molecule has 3 aromatic carbocycles. The van der Waals surface area contributed by atoms with E-state index < -0.39 is 39.6 Å². The Kier molecular flexibility index (Phi) is 8.14. The van der Waals surface area contributed by atoms with Crippen molar-refractivity contribution in [2.24, 2.45) is 5.92 Å². The Balaban J connectivity index is 1.67. The smallest absolute Gasteiger partial charge is 0.322 e. The molecule has 0 saturated heterocycles. The fourth-order valence-corrected chi connectivity index (χ4v) is 4.92. The van der Waals surface area contributed by atoms with E-state index in [2.05, 4.69) is 4.72 Å². The number of ketones is 1. The van der Waals surface area contributed by atoms with Gasteiger partial charge in [-0.25, -0.2) is 17.2 Å². The molecule has 184 valence electrons. The van der Waals surface area contributed by atoms with Crippen LogP contribution in [0.4, 0.5) is 8.78 Å². The molecular formula is C26H25F2NO5S. The van der Waals surface area contributed by atoms with Crippen molar-refractivity contribution in [1.82, 2.24) is 4.72 Å². The van der Waals surface area contributed by atoms with Crippen molar-refractivity contribution in [3.63, 3.8) is 0 Å². The Hall–Kier alpha value is -3.43. The first-order valence-corrected chi connectivity index (χ1v) is 12.3. The minimum Gasteiger partial charge on any atom is -0.480 e. The van der Waals surface area contributed by atoms with E-state index in [9.17, 15) is 31.9 Å². The van der Waals surface area contributed by atoms with E-state index in [4.69, 9.17) is 0 Å². The number of carbonyl (C=O) groups excluding carboxylic acids is 1. The summed E-state index contributed by atoms with van der Waals surface area (Å²) in [6.45, 7) is 3.23. The van der Waals surface area contributed by atoms with Crippen LogP contribution >= 0.6 is 0 Å². The molecule has 1 atom stereocenters. The lowest BCUT2D eigenvalue weighted by Gasteiger charge is -2.18. The van der Waals surface area contributed by atoms with Crippen LogP contribution in [0.15, 0.2) is 71.6 Å². The number of aliphatic carboxylic acids is 1. The highest BCUT2D eigenvalue weighted by molar-refractivity contribution is 7.89. The van der Waals surface area contributed by atoms with Gasteiger partial charge >= 0.3 is 5.97 Å². The van der Waals surface area contributed by atoms with Crippen molar-refractivity contribution in [1.29, 1.82) is 0 Å². The van der Waals surface area contributed by atoms with Gasteiger partial charge < -0.3 is 5.11 Å². The highest BCUT2D eigenvalue weighted by Crippen LogP contribution is 2.23. The van der Waals surface area contributed by atoms with Crippen molar-refractivity contribution in [2.75, 3.05) is 0 Å². The molecule has 2 N–H and O–H groups in total. The van der Waals surface area contributed by atoms with E-state index in [0.29, 0.717) is 0 Å². The van der Waals surface area contributed by atoms with Gasteiger partial charge in [0, 0.05) is 18.9 Å². The van der Waals surface area contributed by atoms with Crippen LogP contribution in [0.2, 0.25) is 0 Å². The molecule has 6 nitrogen and oxygen atoms in total. The molecule has 35 heavy (non-hydrogen) atoms. The molecule has 0 aromatic heterocycles. The van der Waals surface area contributed by atoms with Gasteiger partial charge in [0.2, 0.25) is 10.0 Å². The monoisotopic (exact) mass is 501 g/mol. The summed E-state index contributed by atoms with van der Waals surface area (Å²) in [6, 6.07) is 14.9. The van der Waals surface area contributed by atoms with Gasteiger partial charge in [-0.05, 0) is 52.4 Å². The Morgan fingerprint density at radius 1 is 0.829 bits per heavy atom. The second-order valence-electron chi connectivity index (χ2n) is 8.57. The van der Waals surface area contributed by atoms with E-state index >= 15 is 0 Å². The molecule has 3 rings (SSSR count). The Labute approximate surface area is 202 Å². The second-order valence-corrected chi connectivity index (χ2v) is 10.3. The molecule has 0 bridgehead atoms. The second kappa shape index (κ2) is 10.9. The zero-order valence-corrected chi connectivity index (χ0v) is 20.0. The quantitative estimate of drug-likeness (QED) is 0.430. The third-order valence-electron chi connectivity index (χ3n) is 5.39. The van der Waals surface area contributed by atoms with Crippen LogP contribution in [0.1, 0.15) is 25.0 Å². The van der Waals surface area contributed by atoms with Crippen molar-refractivity contribution in [3.8, 4) is 11.1 Å². The average molecular weight is 502 g/mol. The number of carboxylic acid groups (broad SMARTS) is 1. The molecule has 0 unspecified atom stereocenters. The average Bonchev–Trinajstić information content (AvgIpc) is 2.77. The molecule has 0 aliphatic heterocycles. The SMILES string of the molecule is CC(C)[C@H](NS(=O)(=O)c1ccc(-c2ccc(CC(=O)Cc3cc(F)cc(F)c3)cc2)cc1)C(=O)O. The maximum absolute atomic E-state index is 13.3. The molecule has 0 radical (unpaired) electrons. The first-order valence-electron chi connectivity index (χ1n) is 10.9. The van der Waals surface area contributed by atoms with Gasteiger partial charge in [-0.3, -0.25) is 9.59 Å². The van der Waals surface area contributed by atoms with E-state index in [1.807, 2.05) is 0 Å². The first kappa shape index (κ1) is 26.2. The molecule has 0 spiro atoms. The van der Waals surface area contributed by atoms with Crippen molar-refractivity contribution >= 4 is 21.8 Å². The number of carboxylic acids is 1. The summed E-state index contributed by atoms with van der Waals surface area (Å²) in [7, 11) is -4.02. The number of rotatable bonds is 10. The van der Waals surface area contributed by atoms with Gasteiger partial charge in [0.05, 0.1) is 4.90 Å². The number of hydrogen-bond acceptors (Lipinski definition) is 4. The van der Waals surface area contributed by atoms with Gasteiger partial charge in [0.25, 0.3) is 0 Å². The summed E-state index contributed by atoms with van der Waals surface area (Å²) in [5, 5.41) is 9.24. The number of carbonyl (C=O) groups is 2. The minimum atomic E-state index is -4.02. The molecule has 0 heterocycles. The highest BCUT2D eigenvalue weighted by atomic mass is 32.2. The molecule has 0 fully saturated rings. The Morgan fingerprint density at radius 2 is 1.31 bits per heavy atom. The molecule has 0 amide bonds. The van der Waals surface area contributed by atoms with Crippen LogP contribution in [-0.2, 0) is 32.5 Å². The summed E-state index contributed by atoms with van der Waals surface area (Å²) in [5.41, 5.74) is 2.52. The largest absolute Gasteiger partial charge is 0.480 e. The van der Waals surface area contributed by atoms with E-state index in [1.54, 1.807) is 50.2 Å². The van der Waals surface area contributed by atoms with Gasteiger partial charge in [-0.2, -0.15) is 4.72 Å². The first-order chi connectivity index (χ1) is 16.4. The predicted molar refractivity (Wildman–Crippen MR) is 127 cm³/mol. The van der Waals surface area contributed by atoms with Gasteiger partial charge in [0.15, 0.2) is 0 Å². The van der Waals surface area contributed by atoms with Crippen LogP contribution in [0, 0.1) is 17.6 Å². The van der Waals surface area contributed by atoms with Crippen molar-refractivity contribution < 1.29 is 31.9 Å². The van der Waals surface area contributed by atoms with Gasteiger partial charge in [0.1, 0.15) is 23.5 Å². The van der Waals surface area contributed by atoms with Crippen LogP contribution < -0.4 is 4.72 Å². The van der Waals surface area contributed by atoms with Gasteiger partial charge in [-0.15, -0.1) is 0 Å². The third-order valence-corrected chi connectivity index (χ3v) is 6.85. The van der Waals surface area contributed by atoms with Crippen LogP contribution in [-0.4, -0.2) is 31.3 Å². The Morgan fingerprint density at radius 3 is 1.80 bits per heavy atom. The van der Waals surface area contributed by atoms with Gasteiger partial charge in [-0.1, -0.05) is 50.2 Å². The molecule has 3 aromatic rings. The Bertz CT molecular complexity index is 1300. The zero-order valence-electron chi connectivity index (χ0n) is 19.2. The topological polar surface area (TPSA) is 101 Å². The lowest BCUT2D eigenvalue weighted by Crippen LogP contribution is -2.44. The number of nitrogens with one attached hydrogen (secondary N) is 1. The van der Waals surface area contributed by atoms with Crippen LogP contribution in [0.5, 0.6) is 0 Å². The number of hydrogen-bond donors (Lipinski definition) is 2. The molecular weight excluding hydrogens is 476 g/mol. The predicted octanol–water partition coefficient (Wildman–Crippen LogP) is 4.37. The summed E-state index contributed by atoms with van der Waals surface area (Å²) < 4.78 is 54.0. The number of sulfonamides is 1. The van der Waals surface area contributed by atoms with Crippen LogP contribution in [0.3, 0.4) is 0 Å². The third kappa shape index (κ3) is 7.03. The van der Waals surface area contributed by atoms with E-state index in [-0.39, 0.29) is 29.1 Å². The van der Waals surface area contributed by atoms with Crippen molar-refractivity contribution in [2.45, 2.75) is 37.6 Å². The summed E-state index contributed by atoms with van der Waals surface area (Å²) in [6.07, 6.45) is 0.0157. The summed E-state index contributed by atoms with van der Waals surface area (Å²) in [4.78, 5) is 23.6. The maximum atomic E-state index is 13.3. The lowest BCUT2D eigenvalue weighted by atomic mass is 9.99. The number of halogens is 2. The highest BCUT2D eigenvalue weighted by Gasteiger charge is 2.28. The van der Waals surface area contributed by atoms with Crippen LogP contribution in [0.25, 0.3) is 11.1 Å². The lowest BCUT2D eigenvalue weighted by molar-refractivity contribution is -0.140.